The highest BCUT2D eigenvalue weighted by atomic mass is 16.5. The van der Waals surface area contributed by atoms with E-state index in [1.165, 1.54) is 4.90 Å². The van der Waals surface area contributed by atoms with Gasteiger partial charge in [0.15, 0.2) is 0 Å². The zero-order valence-electron chi connectivity index (χ0n) is 14.2. The minimum absolute atomic E-state index is 0.197. The van der Waals surface area contributed by atoms with Crippen molar-refractivity contribution in [3.63, 3.8) is 0 Å². The molecule has 0 atom stereocenters. The van der Waals surface area contributed by atoms with Crippen molar-refractivity contribution in [3.05, 3.63) is 65.2 Å². The lowest BCUT2D eigenvalue weighted by atomic mass is 10.1. The fourth-order valence-corrected chi connectivity index (χ4v) is 2.92. The number of benzene rings is 2. The van der Waals surface area contributed by atoms with Crippen LogP contribution in [0.4, 0.5) is 0 Å². The highest BCUT2D eigenvalue weighted by molar-refractivity contribution is 6.21. The van der Waals surface area contributed by atoms with Gasteiger partial charge in [0.1, 0.15) is 12.4 Å². The van der Waals surface area contributed by atoms with E-state index in [9.17, 15) is 9.59 Å². The van der Waals surface area contributed by atoms with Crippen LogP contribution in [0.15, 0.2) is 48.5 Å². The van der Waals surface area contributed by atoms with Crippen molar-refractivity contribution in [1.29, 1.82) is 0 Å². The Morgan fingerprint density at radius 2 is 1.64 bits per heavy atom. The van der Waals surface area contributed by atoms with Gasteiger partial charge in [-0.05, 0) is 42.7 Å². The molecule has 1 aliphatic heterocycles. The van der Waals surface area contributed by atoms with E-state index in [0.717, 1.165) is 17.7 Å². The molecule has 5 heteroatoms. The number of amides is 2. The molecular formula is C20H21NO4. The van der Waals surface area contributed by atoms with E-state index in [2.05, 4.69) is 0 Å². The summed E-state index contributed by atoms with van der Waals surface area (Å²) in [6.07, 6.45) is 1.49. The highest BCUT2D eigenvalue weighted by Crippen LogP contribution is 2.23. The van der Waals surface area contributed by atoms with Gasteiger partial charge in [0.25, 0.3) is 11.8 Å². The summed E-state index contributed by atoms with van der Waals surface area (Å²) >= 11 is 0. The number of aryl methyl sites for hydroxylation is 1. The van der Waals surface area contributed by atoms with Crippen LogP contribution < -0.4 is 4.74 Å². The number of fused-ring (bicyclic) bond motifs is 1. The van der Waals surface area contributed by atoms with Gasteiger partial charge < -0.3 is 9.47 Å². The largest absolute Gasteiger partial charge is 0.491 e. The fourth-order valence-electron chi connectivity index (χ4n) is 2.92. The van der Waals surface area contributed by atoms with Crippen molar-refractivity contribution in [2.45, 2.75) is 12.8 Å². The molecule has 0 N–H and O–H groups in total. The maximum absolute atomic E-state index is 12.3. The summed E-state index contributed by atoms with van der Waals surface area (Å²) < 4.78 is 10.6. The smallest absolute Gasteiger partial charge is 0.261 e. The van der Waals surface area contributed by atoms with Crippen LogP contribution >= 0.6 is 0 Å². The van der Waals surface area contributed by atoms with Gasteiger partial charge in [-0.25, -0.2) is 0 Å². The van der Waals surface area contributed by atoms with Gasteiger partial charge in [0.2, 0.25) is 0 Å². The van der Waals surface area contributed by atoms with Crippen molar-refractivity contribution in [2.24, 2.45) is 0 Å². The van der Waals surface area contributed by atoms with E-state index in [-0.39, 0.29) is 11.8 Å². The standard InChI is InChI=1S/C20H21NO4/c1-24-12-13-25-16-8-4-6-15(14-16)7-5-11-21-19(22)17-9-2-3-10-18(17)20(21)23/h2-4,6,8-10,14H,5,7,11-13H2,1H3. The molecule has 0 aromatic heterocycles. The van der Waals surface area contributed by atoms with Gasteiger partial charge >= 0.3 is 0 Å². The quantitative estimate of drug-likeness (QED) is 0.548. The average Bonchev–Trinajstić information content (AvgIpc) is 2.88. The van der Waals surface area contributed by atoms with Crippen LogP contribution in [-0.4, -0.2) is 43.6 Å². The molecule has 130 valence electrons. The normalized spacial score (nSPS) is 13.2. The van der Waals surface area contributed by atoms with Crippen LogP contribution in [0.3, 0.4) is 0 Å². The maximum Gasteiger partial charge on any atom is 0.261 e. The van der Waals surface area contributed by atoms with Crippen molar-refractivity contribution >= 4 is 11.8 Å². The summed E-state index contributed by atoms with van der Waals surface area (Å²) in [5.74, 6) is 0.407. The molecule has 0 saturated heterocycles. The van der Waals surface area contributed by atoms with Crippen molar-refractivity contribution < 1.29 is 19.1 Å². The van der Waals surface area contributed by atoms with Crippen LogP contribution in [0, 0.1) is 0 Å². The summed E-state index contributed by atoms with van der Waals surface area (Å²) in [5.41, 5.74) is 2.12. The molecule has 5 nitrogen and oxygen atoms in total. The van der Waals surface area contributed by atoms with E-state index in [1.807, 2.05) is 24.3 Å². The topological polar surface area (TPSA) is 55.8 Å². The molecule has 0 spiro atoms. The Kier molecular flexibility index (Phi) is 5.46. The maximum atomic E-state index is 12.3. The molecule has 0 bridgehead atoms. The van der Waals surface area contributed by atoms with Crippen LogP contribution in [0.1, 0.15) is 32.7 Å². The lowest BCUT2D eigenvalue weighted by Crippen LogP contribution is -2.30. The second kappa shape index (κ2) is 7.94. The molecule has 1 aliphatic rings. The molecule has 2 aromatic carbocycles. The summed E-state index contributed by atoms with van der Waals surface area (Å²) in [4.78, 5) is 26.0. The minimum atomic E-state index is -0.197. The lowest BCUT2D eigenvalue weighted by Gasteiger charge is -2.14. The number of ether oxygens (including phenoxy) is 2. The molecule has 0 aliphatic carbocycles. The first kappa shape index (κ1) is 17.2. The zero-order chi connectivity index (χ0) is 17.6. The Hall–Kier alpha value is -2.66. The third-order valence-corrected chi connectivity index (χ3v) is 4.18. The Morgan fingerprint density at radius 1 is 0.920 bits per heavy atom. The number of carbonyl (C=O) groups is 2. The summed E-state index contributed by atoms with van der Waals surface area (Å²) in [6.45, 7) is 1.47. The molecule has 25 heavy (non-hydrogen) atoms. The highest BCUT2D eigenvalue weighted by Gasteiger charge is 2.34. The number of carbonyl (C=O) groups excluding carboxylic acids is 2. The summed E-state index contributed by atoms with van der Waals surface area (Å²) in [7, 11) is 1.64. The van der Waals surface area contributed by atoms with Crippen LogP contribution in [-0.2, 0) is 11.2 Å². The first-order chi connectivity index (χ1) is 12.2. The van der Waals surface area contributed by atoms with Gasteiger partial charge in [0.05, 0.1) is 17.7 Å². The first-order valence-electron chi connectivity index (χ1n) is 8.36. The predicted molar refractivity (Wildman–Crippen MR) is 93.9 cm³/mol. The minimum Gasteiger partial charge on any atom is -0.491 e. The number of hydrogen-bond acceptors (Lipinski definition) is 4. The van der Waals surface area contributed by atoms with Crippen molar-refractivity contribution in [2.75, 3.05) is 26.9 Å². The van der Waals surface area contributed by atoms with E-state index >= 15 is 0 Å². The Balaban J connectivity index is 1.54. The first-order valence-corrected chi connectivity index (χ1v) is 8.36. The van der Waals surface area contributed by atoms with Gasteiger partial charge in [-0.3, -0.25) is 14.5 Å². The van der Waals surface area contributed by atoms with E-state index in [4.69, 9.17) is 9.47 Å². The summed E-state index contributed by atoms with van der Waals surface area (Å²) in [6, 6.07) is 14.8. The zero-order valence-corrected chi connectivity index (χ0v) is 14.2. The lowest BCUT2D eigenvalue weighted by molar-refractivity contribution is 0.0652. The number of imide groups is 1. The molecule has 2 amide bonds. The number of hydrogen-bond donors (Lipinski definition) is 0. The Labute approximate surface area is 147 Å². The third kappa shape index (κ3) is 3.88. The van der Waals surface area contributed by atoms with Crippen LogP contribution in [0.5, 0.6) is 5.75 Å². The molecule has 1 heterocycles. The second-order valence-corrected chi connectivity index (χ2v) is 5.90. The van der Waals surface area contributed by atoms with Crippen LogP contribution in [0.2, 0.25) is 0 Å². The Morgan fingerprint density at radius 3 is 2.32 bits per heavy atom. The molecule has 0 fully saturated rings. The van der Waals surface area contributed by atoms with Gasteiger partial charge in [-0.15, -0.1) is 0 Å². The number of rotatable bonds is 8. The second-order valence-electron chi connectivity index (χ2n) is 5.90. The fraction of sp³-hybridized carbons (Fsp3) is 0.300. The van der Waals surface area contributed by atoms with Crippen molar-refractivity contribution in [1.82, 2.24) is 4.90 Å². The Bertz CT molecular complexity index is 737. The molecule has 0 unspecified atom stereocenters. The number of nitrogens with zero attached hydrogens (tertiary/aromatic N) is 1. The SMILES string of the molecule is COCCOc1cccc(CCCN2C(=O)c3ccccc3C2=O)c1. The molecule has 0 radical (unpaired) electrons. The number of methoxy groups -OCH3 is 1. The van der Waals surface area contributed by atoms with E-state index in [0.29, 0.717) is 37.3 Å². The molecule has 2 aromatic rings. The average molecular weight is 339 g/mol. The molecule has 3 rings (SSSR count). The molecule has 0 saturated carbocycles. The summed E-state index contributed by atoms with van der Waals surface area (Å²) in [5, 5.41) is 0. The van der Waals surface area contributed by atoms with E-state index in [1.54, 1.807) is 31.4 Å². The van der Waals surface area contributed by atoms with E-state index < -0.39 is 0 Å². The van der Waals surface area contributed by atoms with Gasteiger partial charge in [-0.1, -0.05) is 24.3 Å². The van der Waals surface area contributed by atoms with Gasteiger partial charge in [-0.2, -0.15) is 0 Å². The monoisotopic (exact) mass is 339 g/mol. The predicted octanol–water partition coefficient (Wildman–Crippen LogP) is 2.94. The van der Waals surface area contributed by atoms with Crippen LogP contribution in [0.25, 0.3) is 0 Å². The van der Waals surface area contributed by atoms with Crippen molar-refractivity contribution in [3.8, 4) is 5.75 Å². The third-order valence-electron chi connectivity index (χ3n) is 4.18. The molecular weight excluding hydrogens is 318 g/mol. The van der Waals surface area contributed by atoms with Gasteiger partial charge in [0, 0.05) is 13.7 Å².